The molecule has 1 aliphatic heterocycles. The van der Waals surface area contributed by atoms with Gasteiger partial charge in [0.25, 0.3) is 0 Å². The predicted octanol–water partition coefficient (Wildman–Crippen LogP) is 4.31. The predicted molar refractivity (Wildman–Crippen MR) is 99.3 cm³/mol. The van der Waals surface area contributed by atoms with Crippen LogP contribution < -0.4 is 9.47 Å². The smallest absolute Gasteiger partial charge is 0.211 e. The van der Waals surface area contributed by atoms with Gasteiger partial charge in [-0.1, -0.05) is 36.4 Å². The maximum Gasteiger partial charge on any atom is 0.211 e. The molecule has 0 saturated heterocycles. The minimum atomic E-state index is 0.0594. The van der Waals surface area contributed by atoms with E-state index in [1.54, 1.807) is 13.3 Å². The van der Waals surface area contributed by atoms with Gasteiger partial charge in [-0.2, -0.15) is 0 Å². The quantitative estimate of drug-likeness (QED) is 0.702. The van der Waals surface area contributed by atoms with Crippen LogP contribution in [0.15, 0.2) is 59.1 Å². The monoisotopic (exact) mass is 350 g/mol. The van der Waals surface area contributed by atoms with Gasteiger partial charge in [0.15, 0.2) is 5.76 Å². The summed E-state index contributed by atoms with van der Waals surface area (Å²) in [6.45, 7) is 4.33. The summed E-state index contributed by atoms with van der Waals surface area (Å²) in [5, 5.41) is 0. The third kappa shape index (κ3) is 3.30. The molecular weight excluding hydrogens is 328 g/mol. The molecule has 2 heterocycles. The molecule has 26 heavy (non-hydrogen) atoms. The lowest BCUT2D eigenvalue weighted by molar-refractivity contribution is 0.159. The largest absolute Gasteiger partial charge is 0.497 e. The molecule has 0 bridgehead atoms. The molecule has 0 aliphatic carbocycles. The lowest BCUT2D eigenvalue weighted by Gasteiger charge is -2.24. The molecule has 5 heteroatoms. The van der Waals surface area contributed by atoms with Crippen molar-refractivity contribution in [1.29, 1.82) is 0 Å². The first-order valence-corrected chi connectivity index (χ1v) is 8.79. The van der Waals surface area contributed by atoms with Crippen molar-refractivity contribution in [3.8, 4) is 22.8 Å². The van der Waals surface area contributed by atoms with Gasteiger partial charge in [-0.15, -0.1) is 0 Å². The van der Waals surface area contributed by atoms with E-state index in [1.807, 2.05) is 42.5 Å². The molecule has 1 aromatic heterocycles. The lowest BCUT2D eigenvalue weighted by atomic mass is 10.1. The van der Waals surface area contributed by atoms with Gasteiger partial charge in [0, 0.05) is 30.3 Å². The van der Waals surface area contributed by atoms with E-state index in [-0.39, 0.29) is 6.04 Å². The van der Waals surface area contributed by atoms with Crippen molar-refractivity contribution >= 4 is 0 Å². The van der Waals surface area contributed by atoms with E-state index < -0.39 is 0 Å². The molecule has 0 saturated carbocycles. The maximum absolute atomic E-state index is 6.04. The van der Waals surface area contributed by atoms with Gasteiger partial charge in [-0.05, 0) is 13.0 Å². The first-order chi connectivity index (χ1) is 12.7. The number of rotatable bonds is 4. The molecule has 1 atom stereocenters. The van der Waals surface area contributed by atoms with Crippen LogP contribution in [0.2, 0.25) is 0 Å². The average Bonchev–Trinajstić information content (AvgIpc) is 3.08. The molecule has 0 radical (unpaired) electrons. The Balaban J connectivity index is 1.54. The number of methoxy groups -OCH3 is 1. The van der Waals surface area contributed by atoms with Crippen molar-refractivity contribution in [2.45, 2.75) is 19.5 Å². The van der Waals surface area contributed by atoms with E-state index in [2.05, 4.69) is 22.9 Å². The number of fused-ring (bicyclic) bond motifs is 1. The molecule has 0 amide bonds. The van der Waals surface area contributed by atoms with Crippen LogP contribution in [0.5, 0.6) is 11.5 Å². The van der Waals surface area contributed by atoms with Crippen LogP contribution in [0.25, 0.3) is 11.3 Å². The molecule has 1 unspecified atom stereocenters. The van der Waals surface area contributed by atoms with E-state index in [0.29, 0.717) is 6.61 Å². The second-order valence-electron chi connectivity index (χ2n) is 6.40. The number of nitrogens with zero attached hydrogens (tertiary/aromatic N) is 2. The summed E-state index contributed by atoms with van der Waals surface area (Å²) in [4.78, 5) is 6.83. The van der Waals surface area contributed by atoms with Gasteiger partial charge in [-0.25, -0.2) is 4.98 Å². The zero-order valence-electron chi connectivity index (χ0n) is 15.0. The van der Waals surface area contributed by atoms with Gasteiger partial charge < -0.3 is 13.9 Å². The molecule has 134 valence electrons. The third-order valence-corrected chi connectivity index (χ3v) is 4.77. The molecule has 1 aliphatic rings. The van der Waals surface area contributed by atoms with Gasteiger partial charge in [0.1, 0.15) is 18.1 Å². The lowest BCUT2D eigenvalue weighted by Crippen LogP contribution is -2.29. The second-order valence-corrected chi connectivity index (χ2v) is 6.40. The standard InChI is InChI=1S/C21H22N2O3/c1-15(21-22-13-20(26-21)16-6-4-3-5-7-16)23-10-11-25-19-12-18(24-2)9-8-17(19)14-23/h3-9,12-13,15H,10-11,14H2,1-2H3. The average molecular weight is 350 g/mol. The summed E-state index contributed by atoms with van der Waals surface area (Å²) in [5.74, 6) is 3.21. The number of aromatic nitrogens is 1. The number of benzene rings is 2. The summed E-state index contributed by atoms with van der Waals surface area (Å²) in [6.07, 6.45) is 1.80. The van der Waals surface area contributed by atoms with Gasteiger partial charge in [0.2, 0.25) is 5.89 Å². The van der Waals surface area contributed by atoms with Crippen molar-refractivity contribution in [2.24, 2.45) is 0 Å². The van der Waals surface area contributed by atoms with Crippen molar-refractivity contribution in [3.63, 3.8) is 0 Å². The van der Waals surface area contributed by atoms with E-state index in [0.717, 1.165) is 47.4 Å². The minimum Gasteiger partial charge on any atom is -0.497 e. The molecule has 0 N–H and O–H groups in total. The fourth-order valence-electron chi connectivity index (χ4n) is 3.20. The Hall–Kier alpha value is -2.79. The highest BCUT2D eigenvalue weighted by atomic mass is 16.5. The van der Waals surface area contributed by atoms with Gasteiger partial charge >= 0.3 is 0 Å². The van der Waals surface area contributed by atoms with E-state index in [9.17, 15) is 0 Å². The topological polar surface area (TPSA) is 47.7 Å². The molecule has 4 rings (SSSR count). The van der Waals surface area contributed by atoms with Crippen LogP contribution in [0, 0.1) is 0 Å². The number of oxazole rings is 1. The van der Waals surface area contributed by atoms with Crippen LogP contribution in [0.1, 0.15) is 24.4 Å². The molecule has 0 fully saturated rings. The zero-order chi connectivity index (χ0) is 17.9. The number of ether oxygens (including phenoxy) is 2. The van der Waals surface area contributed by atoms with E-state index >= 15 is 0 Å². The van der Waals surface area contributed by atoms with E-state index in [4.69, 9.17) is 13.9 Å². The van der Waals surface area contributed by atoms with Crippen molar-refractivity contribution in [3.05, 3.63) is 66.2 Å². The Kier molecular flexibility index (Phi) is 4.63. The van der Waals surface area contributed by atoms with Gasteiger partial charge in [-0.3, -0.25) is 4.90 Å². The second kappa shape index (κ2) is 7.22. The summed E-state index contributed by atoms with van der Waals surface area (Å²) < 4.78 is 17.2. The Bertz CT molecular complexity index is 876. The molecule has 3 aromatic rings. The fraction of sp³-hybridized carbons (Fsp3) is 0.286. The summed E-state index contributed by atoms with van der Waals surface area (Å²) in [7, 11) is 1.67. The van der Waals surface area contributed by atoms with Crippen LogP contribution >= 0.6 is 0 Å². The normalized spacial score (nSPS) is 15.6. The van der Waals surface area contributed by atoms with Crippen molar-refractivity contribution < 1.29 is 13.9 Å². The van der Waals surface area contributed by atoms with Crippen molar-refractivity contribution in [2.75, 3.05) is 20.3 Å². The third-order valence-electron chi connectivity index (χ3n) is 4.77. The fourth-order valence-corrected chi connectivity index (χ4v) is 3.20. The van der Waals surface area contributed by atoms with Crippen LogP contribution in [0.3, 0.4) is 0 Å². The summed E-state index contributed by atoms with van der Waals surface area (Å²) >= 11 is 0. The summed E-state index contributed by atoms with van der Waals surface area (Å²) in [5.41, 5.74) is 2.18. The minimum absolute atomic E-state index is 0.0594. The Morgan fingerprint density at radius 1 is 1.15 bits per heavy atom. The maximum atomic E-state index is 6.04. The summed E-state index contributed by atoms with van der Waals surface area (Å²) in [6, 6.07) is 16.1. The van der Waals surface area contributed by atoms with Gasteiger partial charge in [0.05, 0.1) is 19.3 Å². The number of hydrogen-bond donors (Lipinski definition) is 0. The first-order valence-electron chi connectivity index (χ1n) is 8.79. The Morgan fingerprint density at radius 2 is 2.00 bits per heavy atom. The highest BCUT2D eigenvalue weighted by Crippen LogP contribution is 2.32. The zero-order valence-corrected chi connectivity index (χ0v) is 15.0. The molecule has 0 spiro atoms. The molecule has 2 aromatic carbocycles. The number of hydrogen-bond acceptors (Lipinski definition) is 5. The first kappa shape index (κ1) is 16.7. The SMILES string of the molecule is COc1ccc2c(c1)OCCN(C(C)c1ncc(-c3ccccc3)o1)C2. The Morgan fingerprint density at radius 3 is 2.81 bits per heavy atom. The highest BCUT2D eigenvalue weighted by Gasteiger charge is 2.24. The van der Waals surface area contributed by atoms with E-state index in [1.165, 1.54) is 0 Å². The Labute approximate surface area is 153 Å². The highest BCUT2D eigenvalue weighted by molar-refractivity contribution is 5.55. The molecular formula is C21H22N2O3. The van der Waals surface area contributed by atoms with Crippen molar-refractivity contribution in [1.82, 2.24) is 9.88 Å². The van der Waals surface area contributed by atoms with Crippen LogP contribution in [-0.4, -0.2) is 30.1 Å². The molecule has 5 nitrogen and oxygen atoms in total. The van der Waals surface area contributed by atoms with Crippen LogP contribution in [0.4, 0.5) is 0 Å². The van der Waals surface area contributed by atoms with Crippen LogP contribution in [-0.2, 0) is 6.54 Å².